The molecule has 0 spiro atoms. The lowest BCUT2D eigenvalue weighted by Gasteiger charge is -2.38. The fraction of sp³-hybridized carbons (Fsp3) is 0.242. The lowest BCUT2D eigenvalue weighted by molar-refractivity contribution is -0.121. The number of pyridine rings is 1. The molecule has 244 valence electrons. The summed E-state index contributed by atoms with van der Waals surface area (Å²) < 4.78 is 46.0. The number of urea groups is 1. The molecule has 0 bridgehead atoms. The number of ether oxygens (including phenoxy) is 3. The van der Waals surface area contributed by atoms with Crippen LogP contribution in [0.4, 0.5) is 16.2 Å². The Morgan fingerprint density at radius 3 is 2.23 bits per heavy atom. The van der Waals surface area contributed by atoms with Crippen molar-refractivity contribution in [1.82, 2.24) is 15.2 Å². The monoisotopic (exact) mass is 677 g/mol. The van der Waals surface area contributed by atoms with Gasteiger partial charge < -0.3 is 29.3 Å². The molecule has 1 N–H and O–H groups in total. The van der Waals surface area contributed by atoms with Crippen molar-refractivity contribution in [2.45, 2.75) is 10.4 Å². The van der Waals surface area contributed by atoms with Gasteiger partial charge in [-0.25, -0.2) is 13.2 Å². The van der Waals surface area contributed by atoms with Gasteiger partial charge in [-0.3, -0.25) is 9.78 Å². The molecule has 6 rings (SSSR count). The predicted octanol–water partition coefficient (Wildman–Crippen LogP) is 4.27. The van der Waals surface area contributed by atoms with Gasteiger partial charge in [0, 0.05) is 66.5 Å². The molecule has 47 heavy (non-hydrogen) atoms. The van der Waals surface area contributed by atoms with Crippen LogP contribution in [0.5, 0.6) is 17.2 Å². The summed E-state index contributed by atoms with van der Waals surface area (Å²) in [7, 11) is -0.443. The first kappa shape index (κ1) is 32.0. The van der Waals surface area contributed by atoms with E-state index in [0.29, 0.717) is 36.2 Å². The van der Waals surface area contributed by atoms with Crippen molar-refractivity contribution in [1.29, 1.82) is 0 Å². The number of methoxy groups -OCH3 is 3. The van der Waals surface area contributed by atoms with E-state index in [1.54, 1.807) is 41.6 Å². The molecule has 12 nitrogen and oxygen atoms in total. The summed E-state index contributed by atoms with van der Waals surface area (Å²) in [4.78, 5) is 36.7. The maximum absolute atomic E-state index is 15.0. The first-order valence-corrected chi connectivity index (χ1v) is 16.4. The molecule has 3 amide bonds. The second kappa shape index (κ2) is 12.6. The van der Waals surface area contributed by atoms with Gasteiger partial charge in [-0.15, -0.1) is 0 Å². The van der Waals surface area contributed by atoms with E-state index in [9.17, 15) is 18.0 Å². The smallest absolute Gasteiger partial charge is 0.318 e. The molecule has 1 aromatic heterocycles. The van der Waals surface area contributed by atoms with E-state index in [-0.39, 0.29) is 38.2 Å². The van der Waals surface area contributed by atoms with Gasteiger partial charge in [-0.1, -0.05) is 29.8 Å². The molecular weight excluding hydrogens is 646 g/mol. The van der Waals surface area contributed by atoms with Crippen molar-refractivity contribution in [2.24, 2.45) is 0 Å². The largest absolute Gasteiger partial charge is 0.497 e. The van der Waals surface area contributed by atoms with Crippen LogP contribution >= 0.6 is 11.6 Å². The van der Waals surface area contributed by atoms with Crippen LogP contribution in [0.15, 0.2) is 90.1 Å². The second-order valence-corrected chi connectivity index (χ2v) is 13.0. The molecule has 1 saturated heterocycles. The highest BCUT2D eigenvalue weighted by Crippen LogP contribution is 2.50. The number of carbonyl (C=O) groups excluding carboxylic acids is 2. The van der Waals surface area contributed by atoms with Gasteiger partial charge in [0.2, 0.25) is 0 Å². The number of rotatable bonds is 8. The molecule has 2 aliphatic heterocycles. The van der Waals surface area contributed by atoms with Gasteiger partial charge in [0.25, 0.3) is 15.9 Å². The Balaban J connectivity index is 1.46. The van der Waals surface area contributed by atoms with Gasteiger partial charge in [0.1, 0.15) is 22.1 Å². The molecule has 0 aliphatic carbocycles. The van der Waals surface area contributed by atoms with Crippen molar-refractivity contribution < 1.29 is 32.2 Å². The van der Waals surface area contributed by atoms with E-state index in [1.807, 2.05) is 12.1 Å². The molecular formula is C33H32ClN5O7S. The summed E-state index contributed by atoms with van der Waals surface area (Å²) >= 11 is 6.50. The third-order valence-electron chi connectivity index (χ3n) is 8.38. The number of hydrogen-bond donors (Lipinski definition) is 1. The summed E-state index contributed by atoms with van der Waals surface area (Å²) in [5.41, 5.74) is -0.641. The molecule has 1 atom stereocenters. The summed E-state index contributed by atoms with van der Waals surface area (Å²) in [5, 5.41) is 3.19. The number of benzene rings is 3. The van der Waals surface area contributed by atoms with Crippen molar-refractivity contribution in [3.8, 4) is 17.2 Å². The quantitative estimate of drug-likeness (QED) is 0.291. The van der Waals surface area contributed by atoms with Crippen LogP contribution in [0.2, 0.25) is 5.02 Å². The highest BCUT2D eigenvalue weighted by molar-refractivity contribution is 7.93. The Morgan fingerprint density at radius 2 is 1.55 bits per heavy atom. The zero-order chi connectivity index (χ0) is 33.3. The zero-order valence-corrected chi connectivity index (χ0v) is 27.4. The Morgan fingerprint density at radius 1 is 0.851 bits per heavy atom. The number of aromatic nitrogens is 1. The Hall–Kier alpha value is -5.01. The standard InChI is InChI=1S/C33H32ClN5O7S/c1-44-24-9-11-30(29(21-24)46-3)47(42,43)39-27-10-8-22(34)20-26(27)33(31(39)40,25-6-4-5-7-28(25)45-2)36-32(41)38-18-16-37(17-19-38)23-12-14-35-15-13-23/h4-15,20-21H,16-19H2,1-3H3,(H,36,41). The number of anilines is 2. The average molecular weight is 678 g/mol. The zero-order valence-electron chi connectivity index (χ0n) is 25.8. The highest BCUT2D eigenvalue weighted by Gasteiger charge is 2.59. The summed E-state index contributed by atoms with van der Waals surface area (Å²) in [5.74, 6) is -0.351. The number of piperazine rings is 1. The van der Waals surface area contributed by atoms with E-state index < -0.39 is 27.5 Å². The fourth-order valence-electron chi connectivity index (χ4n) is 6.05. The van der Waals surface area contributed by atoms with Gasteiger partial charge in [0.15, 0.2) is 5.54 Å². The number of amides is 3. The minimum Gasteiger partial charge on any atom is -0.497 e. The number of nitrogens with zero attached hydrogens (tertiary/aromatic N) is 4. The maximum Gasteiger partial charge on any atom is 0.318 e. The summed E-state index contributed by atoms with van der Waals surface area (Å²) in [6.45, 7) is 1.76. The van der Waals surface area contributed by atoms with Gasteiger partial charge in [-0.05, 0) is 48.5 Å². The van der Waals surface area contributed by atoms with E-state index >= 15 is 0 Å². The number of halogens is 1. The lowest BCUT2D eigenvalue weighted by atomic mass is 9.83. The Labute approximate surface area is 277 Å². The second-order valence-electron chi connectivity index (χ2n) is 10.8. The fourth-order valence-corrected chi connectivity index (χ4v) is 7.83. The Bertz CT molecular complexity index is 1940. The van der Waals surface area contributed by atoms with Crippen molar-refractivity contribution >= 4 is 44.9 Å². The van der Waals surface area contributed by atoms with E-state index in [0.717, 1.165) is 5.69 Å². The van der Waals surface area contributed by atoms with Crippen molar-refractivity contribution in [3.05, 3.63) is 101 Å². The van der Waals surface area contributed by atoms with Crippen LogP contribution in [0, 0.1) is 0 Å². The molecule has 1 unspecified atom stereocenters. The van der Waals surface area contributed by atoms with Crippen LogP contribution in [0.3, 0.4) is 0 Å². The number of fused-ring (bicyclic) bond motifs is 1. The summed E-state index contributed by atoms with van der Waals surface area (Å²) in [6.07, 6.45) is 3.42. The third-order valence-corrected chi connectivity index (χ3v) is 10.3. The minimum absolute atomic E-state index is 0.0194. The molecule has 3 heterocycles. The van der Waals surface area contributed by atoms with E-state index in [4.69, 9.17) is 25.8 Å². The van der Waals surface area contributed by atoms with Crippen LogP contribution in [-0.2, 0) is 20.4 Å². The molecule has 2 aliphatic rings. The van der Waals surface area contributed by atoms with E-state index in [2.05, 4.69) is 15.2 Å². The molecule has 0 radical (unpaired) electrons. The van der Waals surface area contributed by atoms with E-state index in [1.165, 1.54) is 57.7 Å². The molecule has 1 fully saturated rings. The number of para-hydroxylation sites is 1. The van der Waals surface area contributed by atoms with Gasteiger partial charge in [0.05, 0.1) is 27.0 Å². The molecule has 14 heteroatoms. The predicted molar refractivity (Wildman–Crippen MR) is 176 cm³/mol. The van der Waals surface area contributed by atoms with Gasteiger partial charge in [-0.2, -0.15) is 4.31 Å². The minimum atomic E-state index is -4.64. The lowest BCUT2D eigenvalue weighted by Crippen LogP contribution is -2.60. The third kappa shape index (κ3) is 5.44. The molecule has 4 aromatic rings. The first-order chi connectivity index (χ1) is 22.6. The number of nitrogens with one attached hydrogen (secondary N) is 1. The maximum atomic E-state index is 15.0. The Kier molecular flexibility index (Phi) is 8.60. The first-order valence-electron chi connectivity index (χ1n) is 14.6. The summed E-state index contributed by atoms with van der Waals surface area (Å²) in [6, 6.07) is 18.5. The van der Waals surface area contributed by atoms with Crippen LogP contribution in [0.25, 0.3) is 0 Å². The van der Waals surface area contributed by atoms with Crippen LogP contribution in [0.1, 0.15) is 11.1 Å². The number of hydrogen-bond acceptors (Lipinski definition) is 9. The number of sulfonamides is 1. The average Bonchev–Trinajstić information content (AvgIpc) is 3.35. The molecule has 0 saturated carbocycles. The normalized spacial score (nSPS) is 17.7. The van der Waals surface area contributed by atoms with Crippen LogP contribution < -0.4 is 28.7 Å². The van der Waals surface area contributed by atoms with Gasteiger partial charge >= 0.3 is 6.03 Å². The molecule has 3 aromatic carbocycles. The highest BCUT2D eigenvalue weighted by atomic mass is 35.5. The van der Waals surface area contributed by atoms with Crippen molar-refractivity contribution in [3.63, 3.8) is 0 Å². The number of carbonyl (C=O) groups is 2. The topological polar surface area (TPSA) is 131 Å². The van der Waals surface area contributed by atoms with Crippen molar-refractivity contribution in [2.75, 3.05) is 56.7 Å². The van der Waals surface area contributed by atoms with Crippen LogP contribution in [-0.4, -0.2) is 77.7 Å². The SMILES string of the molecule is COc1ccc(S(=O)(=O)N2C(=O)C(NC(=O)N3CCN(c4ccncc4)CC3)(c3ccccc3OC)c3cc(Cl)ccc32)c(OC)c1.